The van der Waals surface area contributed by atoms with Gasteiger partial charge < -0.3 is 15.9 Å². The second-order valence-electron chi connectivity index (χ2n) is 24.8. The molecule has 10 nitrogen and oxygen atoms in total. The van der Waals surface area contributed by atoms with E-state index in [2.05, 4.69) is 92.9 Å². The second-order valence-corrected chi connectivity index (χ2v) is 24.8. The normalized spacial score (nSPS) is 45.0. The maximum Gasteiger partial charge on any atom is 0.235 e. The molecule has 368 valence electrons. The smallest absolute Gasteiger partial charge is 0.235 e. The number of Topliss-reactive ketones (excluding diaryl/α,β-unsaturated/α-hetero) is 5. The van der Waals surface area contributed by atoms with Gasteiger partial charge in [-0.15, -0.1) is 5.92 Å². The van der Waals surface area contributed by atoms with Gasteiger partial charge in [0.25, 0.3) is 0 Å². The fourth-order valence-corrected chi connectivity index (χ4v) is 18.9. The van der Waals surface area contributed by atoms with Gasteiger partial charge in [-0.1, -0.05) is 87.0 Å². The average Bonchev–Trinajstić information content (AvgIpc) is 3.22. The Morgan fingerprint density at radius 1 is 0.926 bits per heavy atom. The quantitative estimate of drug-likeness (QED) is 0.152. The van der Waals surface area contributed by atoms with Crippen molar-refractivity contribution in [3.8, 4) is 29.4 Å². The Labute approximate surface area is 405 Å². The van der Waals surface area contributed by atoms with Crippen LogP contribution in [0.1, 0.15) is 143 Å². The molecule has 10 heteroatoms. The molecule has 0 heterocycles. The first-order valence-electron chi connectivity index (χ1n) is 25.9. The number of carbonyl (C=O) groups excluding carboxylic acids is 6. The molecule has 0 spiro atoms. The number of primary amides is 1. The van der Waals surface area contributed by atoms with Crippen LogP contribution in [0.4, 0.5) is 0 Å². The van der Waals surface area contributed by atoms with Crippen LogP contribution in [-0.4, -0.2) is 75.7 Å². The molecule has 16 unspecified atom stereocenters. The molecule has 1 aromatic carbocycles. The second kappa shape index (κ2) is 17.3. The lowest BCUT2D eigenvalue weighted by molar-refractivity contribution is -0.267. The fourth-order valence-electron chi connectivity index (χ4n) is 18.9. The number of nitrogens with zero attached hydrogens (tertiary/aromatic N) is 1. The monoisotopic (exact) mass is 931 g/mol. The van der Waals surface area contributed by atoms with Crippen molar-refractivity contribution in [3.05, 3.63) is 28.8 Å². The minimum Gasteiger partial charge on any atom is -0.507 e. The van der Waals surface area contributed by atoms with Crippen molar-refractivity contribution in [1.29, 1.82) is 0 Å². The van der Waals surface area contributed by atoms with Gasteiger partial charge in [-0.05, 0) is 159 Å². The Balaban J connectivity index is 1.02. The lowest BCUT2D eigenvalue weighted by atomic mass is 9.29. The molecule has 4 N–H and O–H groups in total. The van der Waals surface area contributed by atoms with Crippen LogP contribution >= 0.6 is 0 Å². The molecular weight excluding hydrogens is 853 g/mol. The Bertz CT molecular complexity index is 2450. The molecule has 6 fully saturated rings. The third kappa shape index (κ3) is 7.01. The van der Waals surface area contributed by atoms with Crippen molar-refractivity contribution in [2.24, 2.45) is 117 Å². The van der Waals surface area contributed by atoms with Gasteiger partial charge in [0.05, 0.1) is 17.5 Å². The third-order valence-electron chi connectivity index (χ3n) is 21.1. The number of aliphatic hydroxyl groups is 1. The van der Waals surface area contributed by atoms with Crippen LogP contribution in [0, 0.1) is 135 Å². The lowest BCUT2D eigenvalue weighted by Crippen LogP contribution is -2.74. The van der Waals surface area contributed by atoms with Gasteiger partial charge in [0.1, 0.15) is 11.5 Å². The number of benzene rings is 1. The molecule has 0 bridgehead atoms. The molecule has 7 aliphatic carbocycles. The van der Waals surface area contributed by atoms with Crippen LogP contribution in [0.15, 0.2) is 12.1 Å². The third-order valence-corrected chi connectivity index (χ3v) is 21.1. The number of hydrogen-bond donors (Lipinski definition) is 3. The molecule has 6 saturated carbocycles. The molecule has 0 saturated heterocycles. The van der Waals surface area contributed by atoms with E-state index >= 15 is 0 Å². The van der Waals surface area contributed by atoms with Crippen LogP contribution in [0.25, 0.3) is 0 Å². The maximum atomic E-state index is 14.2. The molecule has 20 atom stereocenters. The minimum absolute atomic E-state index is 0.0153. The Morgan fingerprint density at radius 2 is 1.59 bits per heavy atom. The van der Waals surface area contributed by atoms with E-state index < -0.39 is 64.4 Å². The first-order valence-corrected chi connectivity index (χ1v) is 25.9. The lowest BCUT2D eigenvalue weighted by Gasteiger charge is -2.75. The van der Waals surface area contributed by atoms with Crippen molar-refractivity contribution in [2.45, 2.75) is 139 Å². The highest BCUT2D eigenvalue weighted by Gasteiger charge is 2.72. The zero-order valence-corrected chi connectivity index (χ0v) is 43.0. The van der Waals surface area contributed by atoms with Crippen LogP contribution in [0.5, 0.6) is 5.75 Å². The summed E-state index contributed by atoms with van der Waals surface area (Å²) >= 11 is 0. The van der Waals surface area contributed by atoms with Crippen molar-refractivity contribution in [1.82, 2.24) is 4.90 Å². The Hall–Kier alpha value is -4.12. The first kappa shape index (κ1) is 50.3. The highest BCUT2D eigenvalue weighted by atomic mass is 16.3. The summed E-state index contributed by atoms with van der Waals surface area (Å²) in [5.74, 6) is 8.84. The highest BCUT2D eigenvalue weighted by Crippen LogP contribution is 2.77. The van der Waals surface area contributed by atoms with Gasteiger partial charge in [0, 0.05) is 36.2 Å². The molecule has 0 aliphatic heterocycles. The zero-order valence-electron chi connectivity index (χ0n) is 43.0. The number of amides is 1. The average molecular weight is 931 g/mol. The van der Waals surface area contributed by atoms with Gasteiger partial charge >= 0.3 is 0 Å². The standard InChI is InChI=1S/C58H78N2O8/c1-28(2)47-31(5)43(34(8)61)32(6)57(11)33(7)48-30(4)42-29(3)20-21-36(39(42)26-55(48,9)27-56(47,57)10)19-17-15-14-16-18-35-22-23-41(62)45-38(35)24-37-25-40-49(60(12)13)51(64)46(54(59)67)53(66)58(40,68)52(65)44(37)50(45)63/h22-23,28-33,36-37,39-40,42-44,46-49,62,68H,14-15,20-21,24-27H2,1-13H3,(H2,59,67)/t29?,30?,31?,32?,33?,36?,37-,39?,40-,42?,43?,44?,46?,47?,48?,49-,55?,56?,57?,58-/m0/s1. The van der Waals surface area contributed by atoms with E-state index in [1.54, 1.807) is 20.2 Å². The van der Waals surface area contributed by atoms with Crippen LogP contribution in [0.3, 0.4) is 0 Å². The minimum atomic E-state index is -2.77. The van der Waals surface area contributed by atoms with Crippen LogP contribution in [0.2, 0.25) is 0 Å². The highest BCUT2D eigenvalue weighted by molar-refractivity contribution is 6.32. The van der Waals surface area contributed by atoms with E-state index in [4.69, 9.17) is 5.73 Å². The molecule has 1 aromatic rings. The van der Waals surface area contributed by atoms with Crippen molar-refractivity contribution < 1.29 is 39.0 Å². The molecule has 68 heavy (non-hydrogen) atoms. The number of nitrogens with two attached hydrogens (primary N) is 1. The Morgan fingerprint density at radius 3 is 2.21 bits per heavy atom. The number of aromatic hydroxyl groups is 1. The van der Waals surface area contributed by atoms with Crippen LogP contribution in [-0.2, 0) is 30.4 Å². The largest absolute Gasteiger partial charge is 0.507 e. The number of fused-ring (bicyclic) bond motifs is 6. The number of likely N-dealkylation sites (N-methyl/N-ethyl adjacent to an activating group) is 1. The summed E-state index contributed by atoms with van der Waals surface area (Å²) in [5, 5.41) is 22.9. The van der Waals surface area contributed by atoms with Gasteiger partial charge in [0.15, 0.2) is 34.7 Å². The van der Waals surface area contributed by atoms with Crippen molar-refractivity contribution in [2.75, 3.05) is 14.1 Å². The van der Waals surface area contributed by atoms with E-state index in [9.17, 15) is 39.0 Å². The SMILES string of the molecule is CC(=O)C1C(C)C(C(C)C)C2(C)CC3(C)CC4C(C#CCCC#Cc5ccc(O)c6c5C[C@H]5C[C@H]7[C@H](N(C)C)C(=O)C(C(N)=O)C(=O)[C@@]7(O)C(=O)C5C6=O)CCC(C)C4C(C)C3C(C)C2(C)C1C. The maximum absolute atomic E-state index is 14.2. The van der Waals surface area contributed by atoms with E-state index in [0.717, 1.165) is 6.42 Å². The van der Waals surface area contributed by atoms with Crippen LogP contribution < -0.4 is 5.73 Å². The van der Waals surface area contributed by atoms with E-state index in [-0.39, 0.29) is 46.3 Å². The topological polar surface area (TPSA) is 172 Å². The Kier molecular flexibility index (Phi) is 12.8. The van der Waals surface area contributed by atoms with Gasteiger partial charge in [-0.25, -0.2) is 0 Å². The van der Waals surface area contributed by atoms with E-state index in [1.807, 2.05) is 6.92 Å². The summed E-state index contributed by atoms with van der Waals surface area (Å²) in [6.45, 7) is 26.8. The summed E-state index contributed by atoms with van der Waals surface area (Å²) in [6.07, 6.45) is 5.87. The number of phenolic OH excluding ortho intramolecular Hbond substituents is 1. The summed E-state index contributed by atoms with van der Waals surface area (Å²) < 4.78 is 0. The molecule has 1 amide bonds. The predicted molar refractivity (Wildman–Crippen MR) is 260 cm³/mol. The van der Waals surface area contributed by atoms with E-state index in [0.29, 0.717) is 94.8 Å². The number of phenols is 1. The number of hydrogen-bond acceptors (Lipinski definition) is 9. The van der Waals surface area contributed by atoms with Gasteiger partial charge in [-0.2, -0.15) is 0 Å². The summed E-state index contributed by atoms with van der Waals surface area (Å²) in [6, 6.07) is 1.89. The number of carbonyl (C=O) groups is 6. The number of rotatable bonds is 5. The molecule has 7 aliphatic rings. The number of unbranched alkanes of at least 4 members (excludes halogenated alkanes) is 1. The first-order chi connectivity index (χ1) is 31.7. The molecule has 8 rings (SSSR count). The molecule has 0 radical (unpaired) electrons. The summed E-state index contributed by atoms with van der Waals surface area (Å²) in [7, 11) is 3.14. The van der Waals surface area contributed by atoms with E-state index in [1.165, 1.54) is 30.2 Å². The number of ketones is 5. The molecule has 0 aromatic heterocycles. The summed E-state index contributed by atoms with van der Waals surface area (Å²) in [5.41, 5.74) is 3.98. The van der Waals surface area contributed by atoms with Gasteiger partial charge in [0.2, 0.25) is 5.91 Å². The molecular formula is C58H78N2O8. The fraction of sp³-hybridized carbons (Fsp3) is 0.724. The van der Waals surface area contributed by atoms with Crippen molar-refractivity contribution in [3.63, 3.8) is 0 Å². The zero-order chi connectivity index (χ0) is 50.1. The van der Waals surface area contributed by atoms with Crippen molar-refractivity contribution >= 4 is 34.8 Å². The summed E-state index contributed by atoms with van der Waals surface area (Å²) in [4.78, 5) is 82.8. The van der Waals surface area contributed by atoms with Gasteiger partial charge in [-0.3, -0.25) is 33.7 Å². The predicted octanol–water partition coefficient (Wildman–Crippen LogP) is 7.76.